The van der Waals surface area contributed by atoms with Crippen molar-refractivity contribution in [3.63, 3.8) is 0 Å². The number of amides is 1. The Labute approximate surface area is 215 Å². The summed E-state index contributed by atoms with van der Waals surface area (Å²) in [6.07, 6.45) is 12.6. The molecule has 36 heavy (non-hydrogen) atoms. The molecule has 0 bridgehead atoms. The summed E-state index contributed by atoms with van der Waals surface area (Å²) in [6, 6.07) is 3.10. The van der Waals surface area contributed by atoms with Gasteiger partial charge >= 0.3 is 0 Å². The third-order valence-corrected chi connectivity index (χ3v) is 9.42. The van der Waals surface area contributed by atoms with Crippen LogP contribution in [0.3, 0.4) is 0 Å². The molecule has 4 heterocycles. The van der Waals surface area contributed by atoms with Crippen LogP contribution in [0.5, 0.6) is 0 Å². The van der Waals surface area contributed by atoms with Crippen molar-refractivity contribution in [2.75, 3.05) is 38.0 Å². The lowest BCUT2D eigenvalue weighted by Gasteiger charge is -2.46. The number of nitrogens with one attached hydrogen (secondary N) is 2. The van der Waals surface area contributed by atoms with Gasteiger partial charge in [-0.05, 0) is 65.4 Å². The maximum atomic E-state index is 12.7. The lowest BCUT2D eigenvalue weighted by Crippen LogP contribution is -2.56. The second-order valence-electron chi connectivity index (χ2n) is 12.6. The summed E-state index contributed by atoms with van der Waals surface area (Å²) in [6.45, 7) is 12.4. The maximum Gasteiger partial charge on any atom is 0.268 e. The van der Waals surface area contributed by atoms with Crippen LogP contribution in [0.25, 0.3) is 11.0 Å². The normalized spacial score (nSPS) is 27.7. The largest absolute Gasteiger partial charge is 0.351 e. The van der Waals surface area contributed by atoms with Crippen LogP contribution in [0.15, 0.2) is 12.3 Å². The Balaban J connectivity index is 1.13. The third kappa shape index (κ3) is 4.40. The first-order valence-corrected chi connectivity index (χ1v) is 14.3. The smallest absolute Gasteiger partial charge is 0.268 e. The van der Waals surface area contributed by atoms with Crippen LogP contribution in [-0.4, -0.2) is 80.6 Å². The fraction of sp³-hybridized carbons (Fsp3) is 0.750. The highest BCUT2D eigenvalue weighted by Gasteiger charge is 2.41. The molecule has 6 rings (SSSR count). The van der Waals surface area contributed by atoms with Gasteiger partial charge in [0.15, 0.2) is 0 Å². The maximum absolute atomic E-state index is 12.7. The van der Waals surface area contributed by atoms with E-state index in [2.05, 4.69) is 50.8 Å². The van der Waals surface area contributed by atoms with Crippen LogP contribution in [0.4, 0.5) is 5.95 Å². The van der Waals surface area contributed by atoms with Gasteiger partial charge in [0.2, 0.25) is 5.95 Å². The van der Waals surface area contributed by atoms with Crippen LogP contribution in [0.1, 0.15) is 89.0 Å². The number of nitrogens with zero attached hydrogens (tertiary/aromatic N) is 5. The second kappa shape index (κ2) is 9.28. The molecular weight excluding hydrogens is 450 g/mol. The highest BCUT2D eigenvalue weighted by atomic mass is 16.2. The summed E-state index contributed by atoms with van der Waals surface area (Å²) in [4.78, 5) is 27.7. The molecule has 3 fully saturated rings. The number of aromatic nitrogens is 3. The summed E-state index contributed by atoms with van der Waals surface area (Å²) in [7, 11) is 0. The molecule has 2 N–H and O–H groups in total. The number of carbonyl (C=O) groups is 1. The summed E-state index contributed by atoms with van der Waals surface area (Å²) in [5.41, 5.74) is 1.90. The molecule has 2 aromatic heterocycles. The van der Waals surface area contributed by atoms with E-state index in [0.717, 1.165) is 42.4 Å². The lowest BCUT2D eigenvalue weighted by atomic mass is 9.80. The van der Waals surface area contributed by atoms with Crippen LogP contribution >= 0.6 is 0 Å². The minimum Gasteiger partial charge on any atom is -0.351 e. The van der Waals surface area contributed by atoms with Gasteiger partial charge in [-0.2, -0.15) is 4.98 Å². The average molecular weight is 494 g/mol. The van der Waals surface area contributed by atoms with E-state index >= 15 is 0 Å². The quantitative estimate of drug-likeness (QED) is 0.674. The van der Waals surface area contributed by atoms with Gasteiger partial charge in [-0.15, -0.1) is 0 Å². The van der Waals surface area contributed by atoms with Crippen LogP contribution in [-0.2, 0) is 5.54 Å². The standard InChI is InChI=1S/C28H43N7O/c1-27(2,3)34-15-13-33(14-16-34)22-9-7-21(8-10-22)31-26-29-18-20-17-23-25(36)30-19-28(11-5-4-6-12-28)35(23)24(20)32-26/h17-18,21-22H,4-16,19H2,1-3H3,(H,30,36)(H,29,31,32)/t21-,22-. The van der Waals surface area contributed by atoms with Gasteiger partial charge < -0.3 is 15.2 Å². The van der Waals surface area contributed by atoms with Crippen LogP contribution in [0.2, 0.25) is 0 Å². The molecule has 2 saturated carbocycles. The first-order chi connectivity index (χ1) is 17.3. The Hall–Kier alpha value is -2.19. The van der Waals surface area contributed by atoms with E-state index in [4.69, 9.17) is 4.98 Å². The Bertz CT molecular complexity index is 1100. The molecule has 4 aliphatic rings. The van der Waals surface area contributed by atoms with Crippen molar-refractivity contribution in [3.8, 4) is 0 Å². The van der Waals surface area contributed by atoms with Gasteiger partial charge in [0.1, 0.15) is 11.3 Å². The molecule has 2 aliphatic heterocycles. The summed E-state index contributed by atoms with van der Waals surface area (Å²) < 4.78 is 2.27. The Morgan fingerprint density at radius 3 is 2.44 bits per heavy atom. The van der Waals surface area contributed by atoms with Gasteiger partial charge in [0.05, 0.1) is 5.54 Å². The van der Waals surface area contributed by atoms with E-state index < -0.39 is 0 Å². The van der Waals surface area contributed by atoms with Gasteiger partial charge in [0.25, 0.3) is 5.91 Å². The number of fused-ring (bicyclic) bond motifs is 4. The van der Waals surface area contributed by atoms with Crippen molar-refractivity contribution in [1.29, 1.82) is 0 Å². The number of piperazine rings is 1. The van der Waals surface area contributed by atoms with Crippen molar-refractivity contribution in [3.05, 3.63) is 18.0 Å². The zero-order valence-electron chi connectivity index (χ0n) is 22.4. The van der Waals surface area contributed by atoms with E-state index in [1.54, 1.807) is 0 Å². The number of hydrogen-bond donors (Lipinski definition) is 2. The predicted molar refractivity (Wildman–Crippen MR) is 143 cm³/mol. The van der Waals surface area contributed by atoms with Gasteiger partial charge in [-0.3, -0.25) is 14.6 Å². The molecule has 1 spiro atoms. The Morgan fingerprint density at radius 1 is 1.03 bits per heavy atom. The van der Waals surface area contributed by atoms with Gasteiger partial charge in [-0.25, -0.2) is 4.98 Å². The van der Waals surface area contributed by atoms with Crippen LogP contribution < -0.4 is 10.6 Å². The summed E-state index contributed by atoms with van der Waals surface area (Å²) in [5.74, 6) is 0.725. The molecule has 8 heteroatoms. The first kappa shape index (κ1) is 24.2. The van der Waals surface area contributed by atoms with Crippen molar-refractivity contribution in [1.82, 2.24) is 29.7 Å². The lowest BCUT2D eigenvalue weighted by molar-refractivity contribution is 0.0325. The monoisotopic (exact) mass is 493 g/mol. The molecule has 0 radical (unpaired) electrons. The van der Waals surface area contributed by atoms with E-state index in [1.165, 1.54) is 58.3 Å². The molecular formula is C28H43N7O. The van der Waals surface area contributed by atoms with Crippen molar-refractivity contribution in [2.45, 2.75) is 102 Å². The van der Waals surface area contributed by atoms with Gasteiger partial charge in [-0.1, -0.05) is 19.3 Å². The Kier molecular flexibility index (Phi) is 6.23. The van der Waals surface area contributed by atoms with Crippen molar-refractivity contribution < 1.29 is 4.79 Å². The molecule has 2 aliphatic carbocycles. The fourth-order valence-electron chi connectivity index (χ4n) is 7.26. The van der Waals surface area contributed by atoms with E-state index in [-0.39, 0.29) is 17.0 Å². The highest BCUT2D eigenvalue weighted by molar-refractivity contribution is 5.99. The number of anilines is 1. The molecule has 2 aromatic rings. The Morgan fingerprint density at radius 2 is 1.75 bits per heavy atom. The minimum absolute atomic E-state index is 0.0142. The highest BCUT2D eigenvalue weighted by Crippen LogP contribution is 2.40. The average Bonchev–Trinajstić information content (AvgIpc) is 3.28. The molecule has 1 amide bonds. The SMILES string of the molecule is CC(C)(C)N1CCN([C@H]2CC[C@H](Nc3ncc4cc5n(c4n3)C3(CCCCC3)CNC5=O)CC2)CC1. The van der Waals surface area contributed by atoms with Crippen molar-refractivity contribution in [2.24, 2.45) is 0 Å². The minimum atomic E-state index is -0.0378. The van der Waals surface area contributed by atoms with E-state index in [9.17, 15) is 4.79 Å². The molecule has 1 saturated heterocycles. The molecule has 8 nitrogen and oxygen atoms in total. The molecule has 196 valence electrons. The predicted octanol–water partition coefficient (Wildman–Crippen LogP) is 3.97. The molecule has 0 atom stereocenters. The molecule has 0 aromatic carbocycles. The van der Waals surface area contributed by atoms with E-state index in [1.807, 2.05) is 12.3 Å². The van der Waals surface area contributed by atoms with Crippen LogP contribution in [0, 0.1) is 0 Å². The van der Waals surface area contributed by atoms with Crippen molar-refractivity contribution >= 4 is 22.9 Å². The fourth-order valence-corrected chi connectivity index (χ4v) is 7.26. The number of rotatable bonds is 3. The summed E-state index contributed by atoms with van der Waals surface area (Å²) >= 11 is 0. The number of carbonyl (C=O) groups excluding carboxylic acids is 1. The third-order valence-electron chi connectivity index (χ3n) is 9.42. The zero-order chi connectivity index (χ0) is 24.9. The molecule has 0 unspecified atom stereocenters. The second-order valence-corrected chi connectivity index (χ2v) is 12.6. The topological polar surface area (TPSA) is 78.3 Å². The zero-order valence-corrected chi connectivity index (χ0v) is 22.4. The summed E-state index contributed by atoms with van der Waals surface area (Å²) in [5, 5.41) is 7.78. The number of hydrogen-bond acceptors (Lipinski definition) is 6. The van der Waals surface area contributed by atoms with Gasteiger partial charge in [0, 0.05) is 61.9 Å². The van der Waals surface area contributed by atoms with E-state index in [0.29, 0.717) is 24.6 Å². The first-order valence-electron chi connectivity index (χ1n) is 14.3.